The highest BCUT2D eigenvalue weighted by molar-refractivity contribution is 6.39. The van der Waals surface area contributed by atoms with Gasteiger partial charge in [0.1, 0.15) is 5.69 Å². The van der Waals surface area contributed by atoms with Gasteiger partial charge >= 0.3 is 18.0 Å². The van der Waals surface area contributed by atoms with Gasteiger partial charge in [0.25, 0.3) is 0 Å². The number of nitrogens with zero attached hydrogens (tertiary/aromatic N) is 1. The summed E-state index contributed by atoms with van der Waals surface area (Å²) >= 11 is 0. The summed E-state index contributed by atoms with van der Waals surface area (Å²) in [6.45, 7) is 0.420. The number of halogens is 3. The Hall–Kier alpha value is -2.38. The van der Waals surface area contributed by atoms with Crippen molar-refractivity contribution in [3.8, 4) is 0 Å². The van der Waals surface area contributed by atoms with Crippen LogP contribution >= 0.6 is 0 Å². The number of amides is 2. The summed E-state index contributed by atoms with van der Waals surface area (Å²) in [6.07, 6.45) is 2.77. The van der Waals surface area contributed by atoms with E-state index in [-0.39, 0.29) is 5.69 Å². The number of hydrogen-bond donors (Lipinski definition) is 2. The molecule has 128 valence electrons. The number of carbonyl (C=O) groups excluding carboxylic acids is 2. The quantitative estimate of drug-likeness (QED) is 0.656. The van der Waals surface area contributed by atoms with Gasteiger partial charge in [-0.15, -0.1) is 0 Å². The highest BCUT2D eigenvalue weighted by Gasteiger charge is 2.36. The topological polar surface area (TPSA) is 71.1 Å². The van der Waals surface area contributed by atoms with Crippen molar-refractivity contribution in [2.75, 3.05) is 11.9 Å². The lowest BCUT2D eigenvalue weighted by Crippen LogP contribution is -2.38. The highest BCUT2D eigenvalue weighted by Crippen LogP contribution is 2.42. The summed E-state index contributed by atoms with van der Waals surface area (Å²) in [5, 5.41) is 4.81. The van der Waals surface area contributed by atoms with Crippen molar-refractivity contribution < 1.29 is 22.8 Å². The number of alkyl halides is 3. The number of nitrogens with one attached hydrogen (secondary N) is 2. The van der Waals surface area contributed by atoms with Gasteiger partial charge in [-0.1, -0.05) is 12.2 Å². The zero-order valence-corrected chi connectivity index (χ0v) is 12.6. The third-order valence-corrected chi connectivity index (χ3v) is 4.46. The Morgan fingerprint density at radius 3 is 2.50 bits per heavy atom. The number of aromatic nitrogens is 1. The molecule has 2 N–H and O–H groups in total. The lowest BCUT2D eigenvalue weighted by atomic mass is 9.94. The van der Waals surface area contributed by atoms with Crippen molar-refractivity contribution in [1.29, 1.82) is 0 Å². The Morgan fingerprint density at radius 1 is 1.17 bits per heavy atom. The summed E-state index contributed by atoms with van der Waals surface area (Å²) in [7, 11) is 0. The number of rotatable bonds is 3. The molecule has 0 spiro atoms. The van der Waals surface area contributed by atoms with E-state index >= 15 is 0 Å². The van der Waals surface area contributed by atoms with Gasteiger partial charge in [-0.2, -0.15) is 13.2 Å². The molecule has 24 heavy (non-hydrogen) atoms. The van der Waals surface area contributed by atoms with Crippen LogP contribution in [0.4, 0.5) is 18.9 Å². The van der Waals surface area contributed by atoms with Crippen molar-refractivity contribution in [3.05, 3.63) is 36.2 Å². The summed E-state index contributed by atoms with van der Waals surface area (Å²) < 4.78 is 37.2. The number of fused-ring (bicyclic) bond motifs is 2. The fourth-order valence-electron chi connectivity index (χ4n) is 3.26. The Kier molecular flexibility index (Phi) is 4.29. The second-order valence-electron chi connectivity index (χ2n) is 6.13. The second-order valence-corrected chi connectivity index (χ2v) is 6.13. The van der Waals surface area contributed by atoms with Crippen LogP contribution in [0.3, 0.4) is 0 Å². The number of anilines is 1. The molecule has 3 atom stereocenters. The lowest BCUT2D eigenvalue weighted by Gasteiger charge is -2.18. The van der Waals surface area contributed by atoms with E-state index in [9.17, 15) is 22.8 Å². The van der Waals surface area contributed by atoms with E-state index in [1.54, 1.807) is 0 Å². The summed E-state index contributed by atoms with van der Waals surface area (Å²) in [6, 6.07) is 1.80. The molecule has 0 radical (unpaired) electrons. The van der Waals surface area contributed by atoms with Crippen molar-refractivity contribution in [2.45, 2.75) is 19.0 Å². The largest absolute Gasteiger partial charge is 0.433 e. The van der Waals surface area contributed by atoms with E-state index in [0.29, 0.717) is 24.3 Å². The van der Waals surface area contributed by atoms with E-state index < -0.39 is 23.7 Å². The Bertz CT molecular complexity index is 670. The molecule has 0 aliphatic heterocycles. The minimum atomic E-state index is -4.55. The SMILES string of the molecule is O=C(NC[C@@H]1C[C@@H]2C=C[C@H]1C2)C(=O)Nc1ccc(C(F)(F)F)nc1. The first-order chi connectivity index (χ1) is 11.3. The molecule has 2 aliphatic rings. The first-order valence-corrected chi connectivity index (χ1v) is 7.63. The molecule has 2 bridgehead atoms. The molecule has 2 amide bonds. The maximum Gasteiger partial charge on any atom is 0.433 e. The molecule has 1 saturated carbocycles. The van der Waals surface area contributed by atoms with Crippen molar-refractivity contribution in [1.82, 2.24) is 10.3 Å². The molecule has 1 aromatic rings. The molecule has 0 unspecified atom stereocenters. The van der Waals surface area contributed by atoms with E-state index in [2.05, 4.69) is 27.8 Å². The minimum absolute atomic E-state index is 0.0333. The maximum absolute atomic E-state index is 12.4. The Morgan fingerprint density at radius 2 is 1.96 bits per heavy atom. The summed E-state index contributed by atoms with van der Waals surface area (Å²) in [5.41, 5.74) is -1.03. The van der Waals surface area contributed by atoms with Crippen LogP contribution < -0.4 is 10.6 Å². The first kappa shape index (κ1) is 16.5. The summed E-state index contributed by atoms with van der Waals surface area (Å²) in [4.78, 5) is 26.8. The molecular formula is C16H16F3N3O2. The van der Waals surface area contributed by atoms with Crippen molar-refractivity contribution in [2.24, 2.45) is 17.8 Å². The average Bonchev–Trinajstić information content (AvgIpc) is 3.15. The van der Waals surface area contributed by atoms with Gasteiger partial charge < -0.3 is 10.6 Å². The number of hydrogen-bond acceptors (Lipinski definition) is 3. The molecule has 1 aromatic heterocycles. The van der Waals surface area contributed by atoms with E-state index in [1.807, 2.05) is 0 Å². The van der Waals surface area contributed by atoms with E-state index in [0.717, 1.165) is 31.2 Å². The highest BCUT2D eigenvalue weighted by atomic mass is 19.4. The monoisotopic (exact) mass is 339 g/mol. The molecule has 5 nitrogen and oxygen atoms in total. The van der Waals surface area contributed by atoms with Crippen LogP contribution in [0.15, 0.2) is 30.5 Å². The minimum Gasteiger partial charge on any atom is -0.348 e. The van der Waals surface area contributed by atoms with Crippen molar-refractivity contribution >= 4 is 17.5 Å². The molecule has 1 heterocycles. The fourth-order valence-corrected chi connectivity index (χ4v) is 3.26. The van der Waals surface area contributed by atoms with Crippen LogP contribution in [0.1, 0.15) is 18.5 Å². The predicted molar refractivity (Wildman–Crippen MR) is 79.7 cm³/mol. The van der Waals surface area contributed by atoms with Gasteiger partial charge in [-0.3, -0.25) is 9.59 Å². The second kappa shape index (κ2) is 6.26. The number of carbonyl (C=O) groups is 2. The Balaban J connectivity index is 1.49. The third kappa shape index (κ3) is 3.58. The lowest BCUT2D eigenvalue weighted by molar-refractivity contribution is -0.141. The maximum atomic E-state index is 12.4. The molecule has 1 fully saturated rings. The van der Waals surface area contributed by atoms with Crippen LogP contribution in [0.2, 0.25) is 0 Å². The third-order valence-electron chi connectivity index (χ3n) is 4.46. The van der Waals surface area contributed by atoms with Gasteiger partial charge in [0.2, 0.25) is 0 Å². The molecule has 2 aliphatic carbocycles. The van der Waals surface area contributed by atoms with Crippen molar-refractivity contribution in [3.63, 3.8) is 0 Å². The molecule has 3 rings (SSSR count). The normalized spacial score (nSPS) is 24.9. The van der Waals surface area contributed by atoms with Gasteiger partial charge in [0.15, 0.2) is 0 Å². The predicted octanol–water partition coefficient (Wildman–Crippen LogP) is 2.37. The van der Waals surface area contributed by atoms with E-state index in [4.69, 9.17) is 0 Å². The van der Waals surface area contributed by atoms with Crippen LogP contribution in [0.5, 0.6) is 0 Å². The molecule has 0 aromatic carbocycles. The molecular weight excluding hydrogens is 323 g/mol. The zero-order chi connectivity index (χ0) is 17.3. The van der Waals surface area contributed by atoms with Crippen LogP contribution in [0.25, 0.3) is 0 Å². The van der Waals surface area contributed by atoms with E-state index in [1.165, 1.54) is 0 Å². The van der Waals surface area contributed by atoms with Crippen LogP contribution in [0, 0.1) is 17.8 Å². The van der Waals surface area contributed by atoms with Gasteiger partial charge in [-0.25, -0.2) is 4.98 Å². The van der Waals surface area contributed by atoms with Crippen LogP contribution in [-0.2, 0) is 15.8 Å². The smallest absolute Gasteiger partial charge is 0.348 e. The Labute approximate surface area is 136 Å². The summed E-state index contributed by atoms with van der Waals surface area (Å²) in [5.74, 6) is -0.359. The number of allylic oxidation sites excluding steroid dienone is 2. The fraction of sp³-hybridized carbons (Fsp3) is 0.438. The van der Waals surface area contributed by atoms with Gasteiger partial charge in [0, 0.05) is 6.54 Å². The molecule has 8 heteroatoms. The van der Waals surface area contributed by atoms with Gasteiger partial charge in [-0.05, 0) is 42.7 Å². The first-order valence-electron chi connectivity index (χ1n) is 7.63. The zero-order valence-electron chi connectivity index (χ0n) is 12.6. The van der Waals surface area contributed by atoms with Crippen LogP contribution in [-0.4, -0.2) is 23.3 Å². The molecule has 0 saturated heterocycles. The average molecular weight is 339 g/mol. The standard InChI is InChI=1S/C16H16F3N3O2/c17-16(18,19)13-4-3-12(8-20-13)22-15(24)14(23)21-7-11-6-9-1-2-10(11)5-9/h1-4,8-11H,5-7H2,(H,21,23)(H,22,24)/t9-,10+,11+/m1/s1. The number of pyridine rings is 1. The van der Waals surface area contributed by atoms with Gasteiger partial charge in [0.05, 0.1) is 11.9 Å².